The summed E-state index contributed by atoms with van der Waals surface area (Å²) in [6.45, 7) is 1.19. The molecule has 0 spiro atoms. The maximum absolute atomic E-state index is 14.0. The lowest BCUT2D eigenvalue weighted by atomic mass is 9.78. The Hall–Kier alpha value is -2.88. The molecule has 32 heavy (non-hydrogen) atoms. The zero-order chi connectivity index (χ0) is 23.7. The highest BCUT2D eigenvalue weighted by Crippen LogP contribution is 2.50. The second kappa shape index (κ2) is 8.93. The van der Waals surface area contributed by atoms with Crippen LogP contribution in [0, 0.1) is 0 Å². The number of alkyl halides is 3. The molecule has 0 saturated heterocycles. The summed E-state index contributed by atoms with van der Waals surface area (Å²) in [6, 6.07) is 8.56. The number of nitrogens with zero attached hydrogens (tertiary/aromatic N) is 2. The van der Waals surface area contributed by atoms with Crippen molar-refractivity contribution in [2.45, 2.75) is 24.6 Å². The van der Waals surface area contributed by atoms with Gasteiger partial charge in [0.05, 0.1) is 6.20 Å². The van der Waals surface area contributed by atoms with Gasteiger partial charge < -0.3 is 14.9 Å². The largest absolute Gasteiger partial charge is 0.477 e. The number of benzene rings is 1. The smallest absolute Gasteiger partial charge is 0.422 e. The van der Waals surface area contributed by atoms with Gasteiger partial charge in [-0.2, -0.15) is 13.2 Å². The van der Waals surface area contributed by atoms with Crippen molar-refractivity contribution in [3.8, 4) is 11.5 Å². The summed E-state index contributed by atoms with van der Waals surface area (Å²) < 4.78 is 47.6. The topological polar surface area (TPSA) is 92.5 Å². The molecule has 0 aliphatic rings. The van der Waals surface area contributed by atoms with Gasteiger partial charge in [-0.3, -0.25) is 0 Å². The Labute approximate surface area is 190 Å². The Morgan fingerprint density at radius 1 is 1.06 bits per heavy atom. The molecule has 0 aliphatic heterocycles. The number of aliphatic hydroxyl groups is 1. The molecule has 1 aromatic carbocycles. The third-order valence-corrected chi connectivity index (χ3v) is 5.39. The highest BCUT2D eigenvalue weighted by molar-refractivity contribution is 6.31. The van der Waals surface area contributed by atoms with Crippen molar-refractivity contribution in [2.24, 2.45) is 0 Å². The van der Waals surface area contributed by atoms with Crippen molar-refractivity contribution in [1.82, 2.24) is 9.97 Å². The minimum absolute atomic E-state index is 0.0196. The molecule has 0 fully saturated rings. The highest BCUT2D eigenvalue weighted by atomic mass is 35.5. The highest BCUT2D eigenvalue weighted by Gasteiger charge is 2.59. The standard InChI is InChI=1S/C21H15Cl2F3N2O4/c1-11(20(31,21(24,25)26)12-6-7-27-18(23)8-12)15-4-2-13(9-16(15)22)32-14-3-5-17(19(29)30)28-10-14/h2-11,31H,1H3,(H,29,30). The Morgan fingerprint density at radius 2 is 1.75 bits per heavy atom. The number of rotatable bonds is 6. The van der Waals surface area contributed by atoms with Crippen LogP contribution in [0.15, 0.2) is 54.9 Å². The van der Waals surface area contributed by atoms with Crippen molar-refractivity contribution in [3.63, 3.8) is 0 Å². The van der Waals surface area contributed by atoms with Crippen LogP contribution in [0.4, 0.5) is 13.2 Å². The van der Waals surface area contributed by atoms with Crippen LogP contribution in [-0.4, -0.2) is 32.3 Å². The van der Waals surface area contributed by atoms with Crippen molar-refractivity contribution in [2.75, 3.05) is 0 Å². The molecular weight excluding hydrogens is 472 g/mol. The van der Waals surface area contributed by atoms with Gasteiger partial charge in [0.2, 0.25) is 0 Å². The van der Waals surface area contributed by atoms with E-state index in [1.807, 2.05) is 0 Å². The van der Waals surface area contributed by atoms with Gasteiger partial charge in [0.25, 0.3) is 0 Å². The minimum atomic E-state index is -5.05. The van der Waals surface area contributed by atoms with E-state index in [9.17, 15) is 23.1 Å². The summed E-state index contributed by atoms with van der Waals surface area (Å²) in [5.41, 5.74) is -3.92. The number of carboxylic acid groups (broad SMARTS) is 1. The quantitative estimate of drug-likeness (QED) is 0.426. The molecule has 0 aliphatic carbocycles. The number of hydrogen-bond donors (Lipinski definition) is 2. The summed E-state index contributed by atoms with van der Waals surface area (Å²) in [5.74, 6) is -2.34. The SMILES string of the molecule is CC(c1ccc(Oc2ccc(C(=O)O)nc2)cc1Cl)C(O)(c1ccnc(Cl)c1)C(F)(F)F. The van der Waals surface area contributed by atoms with E-state index < -0.39 is 29.2 Å². The third-order valence-electron chi connectivity index (χ3n) is 4.86. The van der Waals surface area contributed by atoms with Crippen LogP contribution >= 0.6 is 23.2 Å². The number of hydrogen-bond acceptors (Lipinski definition) is 5. The Kier molecular flexibility index (Phi) is 6.64. The van der Waals surface area contributed by atoms with E-state index in [-0.39, 0.29) is 32.9 Å². The van der Waals surface area contributed by atoms with Crippen LogP contribution < -0.4 is 4.74 Å². The fourth-order valence-corrected chi connectivity index (χ4v) is 3.66. The number of aromatic nitrogens is 2. The van der Waals surface area contributed by atoms with Crippen molar-refractivity contribution >= 4 is 29.2 Å². The molecule has 6 nitrogen and oxygen atoms in total. The summed E-state index contributed by atoms with van der Waals surface area (Å²) >= 11 is 12.0. The molecular formula is C21H15Cl2F3N2O4. The van der Waals surface area contributed by atoms with Gasteiger partial charge >= 0.3 is 12.1 Å². The summed E-state index contributed by atoms with van der Waals surface area (Å²) in [7, 11) is 0. The van der Waals surface area contributed by atoms with Gasteiger partial charge in [-0.15, -0.1) is 0 Å². The van der Waals surface area contributed by atoms with Gasteiger partial charge in [-0.25, -0.2) is 14.8 Å². The number of ether oxygens (including phenoxy) is 1. The van der Waals surface area contributed by atoms with E-state index in [0.29, 0.717) is 0 Å². The lowest BCUT2D eigenvalue weighted by Gasteiger charge is -2.37. The molecule has 11 heteroatoms. The van der Waals surface area contributed by atoms with Gasteiger partial charge in [-0.05, 0) is 47.5 Å². The number of aromatic carboxylic acids is 1. The normalized spacial score (nSPS) is 14.5. The second-order valence-corrected chi connectivity index (χ2v) is 7.62. The molecule has 168 valence electrons. The minimum Gasteiger partial charge on any atom is -0.477 e. The van der Waals surface area contributed by atoms with E-state index in [1.165, 1.54) is 43.5 Å². The summed E-state index contributed by atoms with van der Waals surface area (Å²) in [6.07, 6.45) is -2.79. The first kappa shape index (κ1) is 23.8. The van der Waals surface area contributed by atoms with Gasteiger partial charge in [0.15, 0.2) is 5.60 Å². The lowest BCUT2D eigenvalue weighted by Crippen LogP contribution is -2.46. The molecule has 3 aromatic rings. The second-order valence-electron chi connectivity index (χ2n) is 6.82. The molecule has 0 amide bonds. The van der Waals surface area contributed by atoms with Crippen LogP contribution in [0.25, 0.3) is 0 Å². The monoisotopic (exact) mass is 486 g/mol. The Morgan fingerprint density at radius 3 is 2.28 bits per heavy atom. The van der Waals surface area contributed by atoms with E-state index in [0.717, 1.165) is 18.3 Å². The molecule has 2 heterocycles. The first-order valence-corrected chi connectivity index (χ1v) is 9.77. The predicted molar refractivity (Wildman–Crippen MR) is 110 cm³/mol. The van der Waals surface area contributed by atoms with Gasteiger partial charge in [0.1, 0.15) is 22.3 Å². The number of pyridine rings is 2. The van der Waals surface area contributed by atoms with Gasteiger partial charge in [-0.1, -0.05) is 36.2 Å². The lowest BCUT2D eigenvalue weighted by molar-refractivity contribution is -0.274. The third kappa shape index (κ3) is 4.64. The molecule has 0 bridgehead atoms. The summed E-state index contributed by atoms with van der Waals surface area (Å²) in [4.78, 5) is 18.2. The fourth-order valence-electron chi connectivity index (χ4n) is 3.15. The van der Waals surface area contributed by atoms with Crippen LogP contribution in [-0.2, 0) is 5.60 Å². The Bertz CT molecular complexity index is 1140. The van der Waals surface area contributed by atoms with Crippen LogP contribution in [0.2, 0.25) is 10.2 Å². The van der Waals surface area contributed by atoms with Crippen molar-refractivity contribution in [3.05, 3.63) is 81.9 Å². The first-order valence-electron chi connectivity index (χ1n) is 9.01. The van der Waals surface area contributed by atoms with Crippen LogP contribution in [0.5, 0.6) is 11.5 Å². The number of carbonyl (C=O) groups is 1. The molecule has 2 atom stereocenters. The molecule has 0 saturated carbocycles. The van der Waals surface area contributed by atoms with Crippen molar-refractivity contribution < 1.29 is 32.9 Å². The van der Waals surface area contributed by atoms with Gasteiger partial charge in [0, 0.05) is 17.1 Å². The molecule has 2 aromatic heterocycles. The zero-order valence-corrected chi connectivity index (χ0v) is 17.8. The zero-order valence-electron chi connectivity index (χ0n) is 16.3. The summed E-state index contributed by atoms with van der Waals surface area (Å²) in [5, 5.41) is 19.4. The van der Waals surface area contributed by atoms with Crippen LogP contribution in [0.1, 0.15) is 34.5 Å². The molecule has 2 unspecified atom stereocenters. The Balaban J connectivity index is 1.93. The molecule has 3 rings (SSSR count). The van der Waals surface area contributed by atoms with E-state index in [4.69, 9.17) is 33.0 Å². The van der Waals surface area contributed by atoms with E-state index in [1.54, 1.807) is 0 Å². The number of halogens is 5. The molecule has 0 radical (unpaired) electrons. The van der Waals surface area contributed by atoms with Crippen LogP contribution in [0.3, 0.4) is 0 Å². The van der Waals surface area contributed by atoms with E-state index in [2.05, 4.69) is 9.97 Å². The van der Waals surface area contributed by atoms with Crippen molar-refractivity contribution in [1.29, 1.82) is 0 Å². The fraction of sp³-hybridized carbons (Fsp3) is 0.190. The first-order chi connectivity index (χ1) is 14.9. The average Bonchev–Trinajstić information content (AvgIpc) is 2.72. The predicted octanol–water partition coefficient (Wildman–Crippen LogP) is 5.83. The number of carboxylic acids is 1. The maximum atomic E-state index is 14.0. The molecule has 2 N–H and O–H groups in total. The van der Waals surface area contributed by atoms with E-state index >= 15 is 0 Å². The average molecular weight is 487 g/mol. The maximum Gasteiger partial charge on any atom is 0.422 e.